The molecule has 0 saturated carbocycles. The first kappa shape index (κ1) is 24.0. The van der Waals surface area contributed by atoms with Gasteiger partial charge in [0.15, 0.2) is 0 Å². The molecule has 2 heterocycles. The van der Waals surface area contributed by atoms with Crippen molar-refractivity contribution in [3.05, 3.63) is 36.7 Å². The Balaban J connectivity index is 1.79. The number of nitrogens with one attached hydrogen (secondary N) is 2. The molecule has 32 heavy (non-hydrogen) atoms. The molecule has 3 rings (SSSR count). The van der Waals surface area contributed by atoms with Crippen LogP contribution in [0.15, 0.2) is 41.7 Å². The second-order valence-electron chi connectivity index (χ2n) is 8.07. The average Bonchev–Trinajstić information content (AvgIpc) is 3.20. The van der Waals surface area contributed by atoms with Crippen molar-refractivity contribution < 1.29 is 9.53 Å². The number of benzene rings is 1. The van der Waals surface area contributed by atoms with E-state index in [2.05, 4.69) is 34.4 Å². The van der Waals surface area contributed by atoms with Crippen LogP contribution in [0.25, 0.3) is 17.0 Å². The Morgan fingerprint density at radius 1 is 1.25 bits per heavy atom. The van der Waals surface area contributed by atoms with Crippen molar-refractivity contribution in [2.45, 2.75) is 44.2 Å². The van der Waals surface area contributed by atoms with Crippen molar-refractivity contribution in [2.24, 2.45) is 5.92 Å². The van der Waals surface area contributed by atoms with Gasteiger partial charge in [-0.15, -0.1) is 11.8 Å². The molecule has 0 unspecified atom stereocenters. The van der Waals surface area contributed by atoms with Crippen LogP contribution in [-0.4, -0.2) is 58.0 Å². The number of amides is 1. The maximum Gasteiger partial charge on any atom is 0.238 e. The van der Waals surface area contributed by atoms with E-state index in [1.54, 1.807) is 25.2 Å². The van der Waals surface area contributed by atoms with E-state index in [-0.39, 0.29) is 11.9 Å². The van der Waals surface area contributed by atoms with Crippen molar-refractivity contribution in [1.29, 1.82) is 0 Å². The van der Waals surface area contributed by atoms with Crippen LogP contribution in [0.3, 0.4) is 0 Å². The number of hydrogen-bond acceptors (Lipinski definition) is 7. The maximum atomic E-state index is 12.5. The van der Waals surface area contributed by atoms with Gasteiger partial charge in [0, 0.05) is 38.8 Å². The van der Waals surface area contributed by atoms with Gasteiger partial charge in [-0.3, -0.25) is 9.36 Å². The number of thioether (sulfide) groups is 1. The van der Waals surface area contributed by atoms with Gasteiger partial charge in [0.25, 0.3) is 0 Å². The first-order chi connectivity index (χ1) is 15.5. The molecule has 1 aromatic carbocycles. The summed E-state index contributed by atoms with van der Waals surface area (Å²) in [6.45, 7) is 5.56. The monoisotopic (exact) mass is 456 g/mol. The molecule has 0 bridgehead atoms. The topological polar surface area (TPSA) is 94.0 Å². The third-order valence-electron chi connectivity index (χ3n) is 4.96. The highest BCUT2D eigenvalue weighted by atomic mass is 32.2. The zero-order chi connectivity index (χ0) is 22.9. The van der Waals surface area contributed by atoms with Crippen molar-refractivity contribution in [3.8, 4) is 5.95 Å². The van der Waals surface area contributed by atoms with E-state index in [1.807, 2.05) is 41.2 Å². The van der Waals surface area contributed by atoms with Crippen LogP contribution in [0.5, 0.6) is 0 Å². The Hall–Kier alpha value is -2.65. The lowest BCUT2D eigenvalue weighted by molar-refractivity contribution is -0.121. The Bertz CT molecular complexity index is 1020. The third-order valence-corrected chi connectivity index (χ3v) is 5.58. The minimum atomic E-state index is -0.0330. The molecular weight excluding hydrogens is 424 g/mol. The second kappa shape index (κ2) is 11.8. The van der Waals surface area contributed by atoms with E-state index >= 15 is 0 Å². The fourth-order valence-electron chi connectivity index (χ4n) is 3.53. The summed E-state index contributed by atoms with van der Waals surface area (Å²) in [6.07, 6.45) is 5.77. The SMILES string of the molecule is COCCCNC(=O)C[C@H](CC(C)C)Nc1cc(SC)nc(-n2cnc3ccccc32)n1. The zero-order valence-electron chi connectivity index (χ0n) is 19.2. The van der Waals surface area contributed by atoms with Crippen LogP contribution >= 0.6 is 11.8 Å². The molecule has 0 saturated heterocycles. The highest BCUT2D eigenvalue weighted by Gasteiger charge is 2.18. The van der Waals surface area contributed by atoms with E-state index in [4.69, 9.17) is 9.72 Å². The fourth-order valence-corrected chi connectivity index (χ4v) is 3.93. The highest BCUT2D eigenvalue weighted by molar-refractivity contribution is 7.98. The van der Waals surface area contributed by atoms with Gasteiger partial charge in [-0.1, -0.05) is 26.0 Å². The number of carbonyl (C=O) groups is 1. The molecule has 3 aromatic rings. The first-order valence-electron chi connectivity index (χ1n) is 10.9. The van der Waals surface area contributed by atoms with E-state index in [1.165, 1.54) is 0 Å². The molecule has 0 aliphatic carbocycles. The number of fused-ring (bicyclic) bond motifs is 1. The smallest absolute Gasteiger partial charge is 0.238 e. The van der Waals surface area contributed by atoms with E-state index < -0.39 is 0 Å². The van der Waals surface area contributed by atoms with Crippen molar-refractivity contribution in [1.82, 2.24) is 24.8 Å². The number of rotatable bonds is 12. The molecule has 0 aliphatic rings. The number of hydrogen-bond donors (Lipinski definition) is 2. The minimum absolute atomic E-state index is 0.0271. The Morgan fingerprint density at radius 3 is 2.81 bits per heavy atom. The molecule has 9 heteroatoms. The molecule has 2 N–H and O–H groups in total. The van der Waals surface area contributed by atoms with E-state index in [0.717, 1.165) is 28.9 Å². The average molecular weight is 457 g/mol. The van der Waals surface area contributed by atoms with Crippen molar-refractivity contribution in [2.75, 3.05) is 31.8 Å². The van der Waals surface area contributed by atoms with Gasteiger partial charge in [-0.25, -0.2) is 9.97 Å². The highest BCUT2D eigenvalue weighted by Crippen LogP contribution is 2.22. The predicted molar refractivity (Wildman–Crippen MR) is 129 cm³/mol. The van der Waals surface area contributed by atoms with E-state index in [0.29, 0.717) is 37.3 Å². The predicted octanol–water partition coefficient (Wildman–Crippen LogP) is 3.91. The largest absolute Gasteiger partial charge is 0.385 e. The molecule has 1 amide bonds. The molecule has 172 valence electrons. The molecule has 2 aromatic heterocycles. The number of nitrogens with zero attached hydrogens (tertiary/aromatic N) is 4. The molecule has 0 spiro atoms. The fraction of sp³-hybridized carbons (Fsp3) is 0.478. The lowest BCUT2D eigenvalue weighted by Crippen LogP contribution is -2.33. The molecule has 1 atom stereocenters. The van der Waals surface area contributed by atoms with Crippen molar-refractivity contribution >= 4 is 34.5 Å². The van der Waals surface area contributed by atoms with Gasteiger partial charge < -0.3 is 15.4 Å². The number of methoxy groups -OCH3 is 1. The molecular formula is C23H32N6O2S. The van der Waals surface area contributed by atoms with Gasteiger partial charge in [-0.2, -0.15) is 4.98 Å². The van der Waals surface area contributed by atoms with Crippen LogP contribution < -0.4 is 10.6 Å². The molecule has 0 radical (unpaired) electrons. The standard InChI is InChI=1S/C23H32N6O2S/c1-16(2)12-17(13-21(30)24-10-7-11-31-3)26-20-14-22(32-4)28-23(27-20)29-15-25-18-8-5-6-9-19(18)29/h5-6,8-9,14-17H,7,10-13H2,1-4H3,(H,24,30)(H,26,27,28)/t17-/m0/s1. The lowest BCUT2D eigenvalue weighted by atomic mass is 10.0. The number of imidazole rings is 1. The number of para-hydroxylation sites is 2. The van der Waals surface area contributed by atoms with Crippen LogP contribution in [0.4, 0.5) is 5.82 Å². The number of aromatic nitrogens is 4. The van der Waals surface area contributed by atoms with Gasteiger partial charge in [0.2, 0.25) is 11.9 Å². The van der Waals surface area contributed by atoms with Crippen LogP contribution in [0.2, 0.25) is 0 Å². The number of carbonyl (C=O) groups excluding carboxylic acids is 1. The zero-order valence-corrected chi connectivity index (χ0v) is 20.0. The summed E-state index contributed by atoms with van der Waals surface area (Å²) in [5.74, 6) is 1.72. The van der Waals surface area contributed by atoms with Crippen LogP contribution in [0, 0.1) is 5.92 Å². The normalized spacial score (nSPS) is 12.3. The van der Waals surface area contributed by atoms with Crippen molar-refractivity contribution in [3.63, 3.8) is 0 Å². The third kappa shape index (κ3) is 6.67. The molecule has 8 nitrogen and oxygen atoms in total. The summed E-state index contributed by atoms with van der Waals surface area (Å²) >= 11 is 1.55. The van der Waals surface area contributed by atoms with Crippen LogP contribution in [-0.2, 0) is 9.53 Å². The summed E-state index contributed by atoms with van der Waals surface area (Å²) in [4.78, 5) is 26.4. The molecule has 0 aliphatic heterocycles. The van der Waals surface area contributed by atoms with Crippen LogP contribution in [0.1, 0.15) is 33.1 Å². The minimum Gasteiger partial charge on any atom is -0.385 e. The first-order valence-corrected chi connectivity index (χ1v) is 12.1. The Morgan fingerprint density at radius 2 is 2.06 bits per heavy atom. The quantitative estimate of drug-likeness (QED) is 0.242. The van der Waals surface area contributed by atoms with E-state index in [9.17, 15) is 4.79 Å². The van der Waals surface area contributed by atoms with Gasteiger partial charge in [0.05, 0.1) is 11.0 Å². The van der Waals surface area contributed by atoms with Gasteiger partial charge >= 0.3 is 0 Å². The summed E-state index contributed by atoms with van der Waals surface area (Å²) in [6, 6.07) is 9.80. The summed E-state index contributed by atoms with van der Waals surface area (Å²) in [7, 11) is 1.66. The molecule has 0 fully saturated rings. The Labute approximate surface area is 193 Å². The second-order valence-corrected chi connectivity index (χ2v) is 8.90. The van der Waals surface area contributed by atoms with Gasteiger partial charge in [-0.05, 0) is 37.1 Å². The Kier molecular flexibility index (Phi) is 8.87. The maximum absolute atomic E-state index is 12.5. The summed E-state index contributed by atoms with van der Waals surface area (Å²) in [5.41, 5.74) is 1.84. The number of ether oxygens (including phenoxy) is 1. The van der Waals surface area contributed by atoms with Gasteiger partial charge in [0.1, 0.15) is 17.2 Å². The summed E-state index contributed by atoms with van der Waals surface area (Å²) in [5, 5.41) is 7.31. The lowest BCUT2D eigenvalue weighted by Gasteiger charge is -2.21. The summed E-state index contributed by atoms with van der Waals surface area (Å²) < 4.78 is 6.93. The number of anilines is 1.